The third kappa shape index (κ3) is 4.35. The van der Waals surface area contributed by atoms with Crippen LogP contribution in [0.15, 0.2) is 18.2 Å². The van der Waals surface area contributed by atoms with Crippen LogP contribution in [-0.4, -0.2) is 36.5 Å². The summed E-state index contributed by atoms with van der Waals surface area (Å²) >= 11 is 0. The highest BCUT2D eigenvalue weighted by atomic mass is 16.5. The zero-order valence-electron chi connectivity index (χ0n) is 16.0. The van der Waals surface area contributed by atoms with Crippen LogP contribution >= 0.6 is 0 Å². The number of likely N-dealkylation sites (tertiary alicyclic amines) is 1. The lowest BCUT2D eigenvalue weighted by Crippen LogP contribution is -2.44. The van der Waals surface area contributed by atoms with Crippen molar-refractivity contribution in [3.05, 3.63) is 29.3 Å². The molecule has 1 aliphatic heterocycles. The molecule has 0 unspecified atom stereocenters. The fraction of sp³-hybridized carbons (Fsp3) is 0.667. The third-order valence-electron chi connectivity index (χ3n) is 5.70. The summed E-state index contributed by atoms with van der Waals surface area (Å²) in [5.41, 5.74) is 2.60. The standard InChI is InChI=1S/C21H32N2O2/c1-14(2)25-18-9-8-16-6-5-7-20(19(16)13-18)22-21(24)17-10-11-23(4)15(3)12-17/h8-9,13-15,17,20H,5-7,10-12H2,1-4H3,(H,22,24)/t15-,17-,20+/m0/s1. The Hall–Kier alpha value is -1.55. The third-order valence-corrected chi connectivity index (χ3v) is 5.70. The highest BCUT2D eigenvalue weighted by Gasteiger charge is 2.30. The average molecular weight is 344 g/mol. The van der Waals surface area contributed by atoms with E-state index < -0.39 is 0 Å². The Labute approximate surface area is 151 Å². The van der Waals surface area contributed by atoms with E-state index in [4.69, 9.17) is 4.74 Å². The van der Waals surface area contributed by atoms with E-state index in [0.29, 0.717) is 6.04 Å². The molecule has 138 valence electrons. The number of hydrogen-bond donors (Lipinski definition) is 1. The van der Waals surface area contributed by atoms with Gasteiger partial charge >= 0.3 is 0 Å². The minimum Gasteiger partial charge on any atom is -0.491 e. The quantitative estimate of drug-likeness (QED) is 0.905. The summed E-state index contributed by atoms with van der Waals surface area (Å²) in [5, 5.41) is 3.35. The van der Waals surface area contributed by atoms with Crippen molar-refractivity contribution in [2.24, 2.45) is 5.92 Å². The predicted molar refractivity (Wildman–Crippen MR) is 101 cm³/mol. The molecule has 1 amide bonds. The number of nitrogens with zero attached hydrogens (tertiary/aromatic N) is 1. The van der Waals surface area contributed by atoms with Crippen molar-refractivity contribution >= 4 is 5.91 Å². The van der Waals surface area contributed by atoms with E-state index in [1.54, 1.807) is 0 Å². The molecule has 3 atom stereocenters. The number of carbonyl (C=O) groups is 1. The Morgan fingerprint density at radius 2 is 2.12 bits per heavy atom. The molecule has 4 heteroatoms. The number of nitrogens with one attached hydrogen (secondary N) is 1. The molecule has 25 heavy (non-hydrogen) atoms. The summed E-state index contributed by atoms with van der Waals surface area (Å²) in [5.74, 6) is 1.28. The molecule has 0 saturated carbocycles. The number of rotatable bonds is 4. The van der Waals surface area contributed by atoms with Gasteiger partial charge in [0.15, 0.2) is 0 Å². The van der Waals surface area contributed by atoms with Crippen molar-refractivity contribution in [1.82, 2.24) is 10.2 Å². The maximum absolute atomic E-state index is 12.8. The number of ether oxygens (including phenoxy) is 1. The Morgan fingerprint density at radius 1 is 1.32 bits per heavy atom. The van der Waals surface area contributed by atoms with E-state index in [-0.39, 0.29) is 24.0 Å². The highest BCUT2D eigenvalue weighted by Crippen LogP contribution is 2.33. The maximum atomic E-state index is 12.8. The van der Waals surface area contributed by atoms with Crippen LogP contribution in [0.25, 0.3) is 0 Å². The van der Waals surface area contributed by atoms with Gasteiger partial charge in [-0.2, -0.15) is 0 Å². The van der Waals surface area contributed by atoms with Crippen LogP contribution < -0.4 is 10.1 Å². The van der Waals surface area contributed by atoms with Crippen LogP contribution in [0.5, 0.6) is 5.75 Å². The first-order valence-electron chi connectivity index (χ1n) is 9.74. The summed E-state index contributed by atoms with van der Waals surface area (Å²) in [6, 6.07) is 6.97. The van der Waals surface area contributed by atoms with Gasteiger partial charge in [-0.15, -0.1) is 0 Å². The summed E-state index contributed by atoms with van der Waals surface area (Å²) in [7, 11) is 2.15. The minimum absolute atomic E-state index is 0.127. The predicted octanol–water partition coefficient (Wildman–Crippen LogP) is 3.70. The van der Waals surface area contributed by atoms with Gasteiger partial charge < -0.3 is 15.0 Å². The van der Waals surface area contributed by atoms with Crippen molar-refractivity contribution in [2.75, 3.05) is 13.6 Å². The molecular weight excluding hydrogens is 312 g/mol. The lowest BCUT2D eigenvalue weighted by molar-refractivity contribution is -0.127. The van der Waals surface area contributed by atoms with Crippen molar-refractivity contribution in [2.45, 2.75) is 71.1 Å². The first-order valence-corrected chi connectivity index (χ1v) is 9.74. The van der Waals surface area contributed by atoms with Crippen molar-refractivity contribution in [3.63, 3.8) is 0 Å². The fourth-order valence-electron chi connectivity index (χ4n) is 4.09. The molecule has 1 saturated heterocycles. The van der Waals surface area contributed by atoms with E-state index in [0.717, 1.165) is 44.4 Å². The molecular formula is C21H32N2O2. The fourth-order valence-corrected chi connectivity index (χ4v) is 4.09. The lowest BCUT2D eigenvalue weighted by atomic mass is 9.86. The van der Waals surface area contributed by atoms with Gasteiger partial charge in [0.2, 0.25) is 5.91 Å². The maximum Gasteiger partial charge on any atom is 0.223 e. The summed E-state index contributed by atoms with van der Waals surface area (Å²) in [6.07, 6.45) is 5.32. The van der Waals surface area contributed by atoms with Gasteiger partial charge in [-0.05, 0) is 89.7 Å². The van der Waals surface area contributed by atoms with Gasteiger partial charge in [-0.3, -0.25) is 4.79 Å². The minimum atomic E-state index is 0.127. The number of aryl methyl sites for hydroxylation is 1. The average Bonchev–Trinajstić information content (AvgIpc) is 2.57. The summed E-state index contributed by atoms with van der Waals surface area (Å²) < 4.78 is 5.86. The molecule has 4 nitrogen and oxygen atoms in total. The SMILES string of the molecule is CC(C)Oc1ccc2c(c1)[C@H](NC(=O)[C@H]1CCN(C)[C@@H](C)C1)CCC2. The second-order valence-electron chi connectivity index (χ2n) is 8.03. The van der Waals surface area contributed by atoms with Crippen LogP contribution in [0.2, 0.25) is 0 Å². The molecule has 0 aromatic heterocycles. The molecule has 1 fully saturated rings. The Bertz CT molecular complexity index is 614. The summed E-state index contributed by atoms with van der Waals surface area (Å²) in [6.45, 7) is 7.30. The molecule has 1 aromatic carbocycles. The van der Waals surface area contributed by atoms with Gasteiger partial charge in [0.05, 0.1) is 12.1 Å². The number of benzene rings is 1. The molecule has 1 N–H and O–H groups in total. The largest absolute Gasteiger partial charge is 0.491 e. The van der Waals surface area contributed by atoms with Crippen molar-refractivity contribution < 1.29 is 9.53 Å². The molecule has 0 radical (unpaired) electrons. The number of fused-ring (bicyclic) bond motifs is 1. The highest BCUT2D eigenvalue weighted by molar-refractivity contribution is 5.79. The van der Waals surface area contributed by atoms with Crippen LogP contribution in [-0.2, 0) is 11.2 Å². The first kappa shape index (κ1) is 18.2. The summed E-state index contributed by atoms with van der Waals surface area (Å²) in [4.78, 5) is 15.2. The smallest absolute Gasteiger partial charge is 0.223 e. The van der Waals surface area contributed by atoms with Crippen molar-refractivity contribution in [3.8, 4) is 5.75 Å². The molecule has 0 spiro atoms. The van der Waals surface area contributed by atoms with E-state index >= 15 is 0 Å². The number of hydrogen-bond acceptors (Lipinski definition) is 3. The van der Waals surface area contributed by atoms with Gasteiger partial charge in [-0.25, -0.2) is 0 Å². The number of amides is 1. The van der Waals surface area contributed by atoms with Crippen LogP contribution in [0.4, 0.5) is 0 Å². The lowest BCUT2D eigenvalue weighted by Gasteiger charge is -2.35. The normalized spacial score (nSPS) is 27.0. The zero-order chi connectivity index (χ0) is 18.0. The van der Waals surface area contributed by atoms with Crippen LogP contribution in [0, 0.1) is 5.92 Å². The Kier molecular flexibility index (Phi) is 5.67. The Balaban J connectivity index is 1.70. The molecule has 1 heterocycles. The molecule has 3 rings (SSSR count). The molecule has 1 aliphatic carbocycles. The van der Waals surface area contributed by atoms with Gasteiger partial charge in [-0.1, -0.05) is 6.07 Å². The number of piperidine rings is 1. The first-order chi connectivity index (χ1) is 11.9. The number of carbonyl (C=O) groups excluding carboxylic acids is 1. The Morgan fingerprint density at radius 3 is 2.84 bits per heavy atom. The van der Waals surface area contributed by atoms with Crippen LogP contribution in [0.1, 0.15) is 63.6 Å². The second-order valence-corrected chi connectivity index (χ2v) is 8.03. The van der Waals surface area contributed by atoms with Gasteiger partial charge in [0.25, 0.3) is 0 Å². The van der Waals surface area contributed by atoms with Crippen LogP contribution in [0.3, 0.4) is 0 Å². The molecule has 0 bridgehead atoms. The van der Waals surface area contributed by atoms with E-state index in [1.807, 2.05) is 13.8 Å². The van der Waals surface area contributed by atoms with Gasteiger partial charge in [0.1, 0.15) is 5.75 Å². The molecule has 1 aromatic rings. The topological polar surface area (TPSA) is 41.6 Å². The molecule has 2 aliphatic rings. The second kappa shape index (κ2) is 7.77. The van der Waals surface area contributed by atoms with E-state index in [1.165, 1.54) is 11.1 Å². The zero-order valence-corrected chi connectivity index (χ0v) is 16.0. The monoisotopic (exact) mass is 344 g/mol. The van der Waals surface area contributed by atoms with Gasteiger partial charge in [0, 0.05) is 12.0 Å². The van der Waals surface area contributed by atoms with E-state index in [2.05, 4.69) is 42.4 Å². The van der Waals surface area contributed by atoms with E-state index in [9.17, 15) is 4.79 Å². The van der Waals surface area contributed by atoms with Crippen molar-refractivity contribution in [1.29, 1.82) is 0 Å².